The van der Waals surface area contributed by atoms with Crippen molar-refractivity contribution in [2.24, 2.45) is 0 Å². The van der Waals surface area contributed by atoms with Gasteiger partial charge in [-0.05, 0) is 40.2 Å². The highest BCUT2D eigenvalue weighted by atomic mass is 16.2. The predicted molar refractivity (Wildman–Crippen MR) is 94.3 cm³/mol. The van der Waals surface area contributed by atoms with Crippen molar-refractivity contribution >= 4 is 11.8 Å². The van der Waals surface area contributed by atoms with Crippen LogP contribution in [0, 0.1) is 0 Å². The van der Waals surface area contributed by atoms with Gasteiger partial charge >= 0.3 is 0 Å². The van der Waals surface area contributed by atoms with Gasteiger partial charge < -0.3 is 10.6 Å². The molecule has 1 fully saturated rings. The van der Waals surface area contributed by atoms with Crippen LogP contribution in [0.5, 0.6) is 0 Å². The van der Waals surface area contributed by atoms with Crippen LogP contribution in [0.2, 0.25) is 0 Å². The maximum absolute atomic E-state index is 12.3. The first kappa shape index (κ1) is 19.9. The highest BCUT2D eigenvalue weighted by molar-refractivity contribution is 5.81. The van der Waals surface area contributed by atoms with E-state index in [1.165, 1.54) is 32.1 Å². The summed E-state index contributed by atoms with van der Waals surface area (Å²) in [6, 6.07) is 0.310. The number of carbonyl (C=O) groups excluding carboxylic acids is 2. The summed E-state index contributed by atoms with van der Waals surface area (Å²) in [5.74, 6) is 0.0130. The molecule has 23 heavy (non-hydrogen) atoms. The van der Waals surface area contributed by atoms with Crippen molar-refractivity contribution in [1.29, 1.82) is 0 Å². The van der Waals surface area contributed by atoms with Crippen molar-refractivity contribution in [2.75, 3.05) is 19.6 Å². The molecular weight excluding hydrogens is 290 g/mol. The van der Waals surface area contributed by atoms with Gasteiger partial charge in [0, 0.05) is 11.6 Å². The summed E-state index contributed by atoms with van der Waals surface area (Å²) in [5.41, 5.74) is -0.238. The fourth-order valence-electron chi connectivity index (χ4n) is 3.02. The predicted octanol–water partition coefficient (Wildman–Crippen LogP) is 2.45. The van der Waals surface area contributed by atoms with Crippen LogP contribution in [0.25, 0.3) is 0 Å². The molecule has 0 aliphatic heterocycles. The van der Waals surface area contributed by atoms with Gasteiger partial charge in [0.2, 0.25) is 11.8 Å². The fraction of sp³-hybridized carbons (Fsp3) is 0.889. The van der Waals surface area contributed by atoms with Crippen molar-refractivity contribution in [3.8, 4) is 0 Å². The zero-order valence-corrected chi connectivity index (χ0v) is 15.4. The number of rotatable bonds is 6. The van der Waals surface area contributed by atoms with E-state index in [0.29, 0.717) is 19.1 Å². The van der Waals surface area contributed by atoms with E-state index in [1.54, 1.807) is 0 Å². The fourth-order valence-corrected chi connectivity index (χ4v) is 3.02. The average molecular weight is 325 g/mol. The molecule has 1 aliphatic carbocycles. The van der Waals surface area contributed by atoms with Crippen LogP contribution in [0.15, 0.2) is 0 Å². The number of carbonyl (C=O) groups is 2. The molecule has 0 spiro atoms. The number of likely N-dealkylation sites (N-methyl/N-ethyl adjacent to an activating group) is 1. The van der Waals surface area contributed by atoms with E-state index in [1.807, 2.05) is 32.6 Å². The van der Waals surface area contributed by atoms with Crippen molar-refractivity contribution in [3.05, 3.63) is 0 Å². The molecule has 0 aromatic carbocycles. The summed E-state index contributed by atoms with van der Waals surface area (Å²) in [5, 5.41) is 6.10. The van der Waals surface area contributed by atoms with Crippen LogP contribution in [-0.2, 0) is 9.59 Å². The van der Waals surface area contributed by atoms with Gasteiger partial charge in [-0.25, -0.2) is 0 Å². The Balaban J connectivity index is 2.38. The summed E-state index contributed by atoms with van der Waals surface area (Å²) < 4.78 is 0. The second-order valence-corrected chi connectivity index (χ2v) is 7.71. The lowest BCUT2D eigenvalue weighted by Gasteiger charge is -2.26. The summed E-state index contributed by atoms with van der Waals surface area (Å²) >= 11 is 0. The summed E-state index contributed by atoms with van der Waals surface area (Å²) in [6.45, 7) is 9.12. The molecule has 0 saturated heterocycles. The normalized spacial score (nSPS) is 17.4. The van der Waals surface area contributed by atoms with Crippen LogP contribution in [0.3, 0.4) is 0 Å². The van der Waals surface area contributed by atoms with E-state index in [4.69, 9.17) is 0 Å². The minimum Gasteiger partial charge on any atom is -0.352 e. The van der Waals surface area contributed by atoms with Gasteiger partial charge in [0.05, 0.1) is 13.1 Å². The Kier molecular flexibility index (Phi) is 8.59. The van der Waals surface area contributed by atoms with Crippen molar-refractivity contribution < 1.29 is 9.59 Å². The molecule has 5 heteroatoms. The van der Waals surface area contributed by atoms with Crippen molar-refractivity contribution in [2.45, 2.75) is 84.2 Å². The minimum atomic E-state index is -0.238. The molecule has 0 heterocycles. The molecule has 0 atom stereocenters. The minimum absolute atomic E-state index is 0.0295. The molecule has 0 bridgehead atoms. The molecule has 0 aromatic rings. The highest BCUT2D eigenvalue weighted by Crippen LogP contribution is 2.17. The quantitative estimate of drug-likeness (QED) is 0.788. The zero-order valence-electron chi connectivity index (χ0n) is 15.4. The van der Waals surface area contributed by atoms with Crippen LogP contribution in [0.1, 0.15) is 72.6 Å². The number of nitrogens with zero attached hydrogens (tertiary/aromatic N) is 1. The average Bonchev–Trinajstić information content (AvgIpc) is 2.38. The molecule has 134 valence electrons. The molecule has 0 aromatic heterocycles. The van der Waals surface area contributed by atoms with Gasteiger partial charge in [-0.15, -0.1) is 0 Å². The smallest absolute Gasteiger partial charge is 0.234 e. The molecular formula is C18H35N3O2. The van der Waals surface area contributed by atoms with E-state index in [-0.39, 0.29) is 23.9 Å². The van der Waals surface area contributed by atoms with Crippen LogP contribution >= 0.6 is 0 Å². The highest BCUT2D eigenvalue weighted by Gasteiger charge is 2.19. The maximum Gasteiger partial charge on any atom is 0.234 e. The molecule has 1 saturated carbocycles. The van der Waals surface area contributed by atoms with Gasteiger partial charge in [0.25, 0.3) is 0 Å². The number of amides is 2. The lowest BCUT2D eigenvalue weighted by atomic mass is 9.97. The second-order valence-electron chi connectivity index (χ2n) is 7.71. The Hall–Kier alpha value is -1.10. The van der Waals surface area contributed by atoms with Crippen LogP contribution < -0.4 is 10.6 Å². The van der Waals surface area contributed by atoms with Gasteiger partial charge in [0.15, 0.2) is 0 Å². The standard InChI is InChI=1S/C18H35N3O2/c1-5-21(14-17(23)20-18(2,3)4)13-16(22)19-15-11-9-7-6-8-10-12-15/h15H,5-14H2,1-4H3,(H,19,22)(H,20,23). The Morgan fingerprint density at radius 3 is 2.00 bits per heavy atom. The third-order valence-corrected chi connectivity index (χ3v) is 4.17. The SMILES string of the molecule is CCN(CC(=O)NC1CCCCCCC1)CC(=O)NC(C)(C)C. The topological polar surface area (TPSA) is 61.4 Å². The van der Waals surface area contributed by atoms with Gasteiger partial charge in [-0.1, -0.05) is 39.0 Å². The molecule has 1 aliphatic rings. The van der Waals surface area contributed by atoms with Crippen molar-refractivity contribution in [1.82, 2.24) is 15.5 Å². The number of hydrogen-bond acceptors (Lipinski definition) is 3. The van der Waals surface area contributed by atoms with E-state index in [0.717, 1.165) is 12.8 Å². The van der Waals surface area contributed by atoms with Crippen molar-refractivity contribution in [3.63, 3.8) is 0 Å². The van der Waals surface area contributed by atoms with E-state index in [2.05, 4.69) is 10.6 Å². The Morgan fingerprint density at radius 1 is 0.957 bits per heavy atom. The first-order chi connectivity index (χ1) is 10.8. The molecule has 2 amide bonds. The largest absolute Gasteiger partial charge is 0.352 e. The second kappa shape index (κ2) is 9.91. The van der Waals surface area contributed by atoms with E-state index >= 15 is 0 Å². The third kappa shape index (κ3) is 9.59. The molecule has 0 radical (unpaired) electrons. The molecule has 1 rings (SSSR count). The first-order valence-electron chi connectivity index (χ1n) is 9.13. The van der Waals surface area contributed by atoms with E-state index in [9.17, 15) is 9.59 Å². The summed E-state index contributed by atoms with van der Waals surface area (Å²) in [4.78, 5) is 26.1. The molecule has 2 N–H and O–H groups in total. The van der Waals surface area contributed by atoms with Gasteiger partial charge in [-0.2, -0.15) is 0 Å². The Bertz CT molecular complexity index is 369. The van der Waals surface area contributed by atoms with Gasteiger partial charge in [0.1, 0.15) is 0 Å². The Labute approximate surface area is 141 Å². The summed E-state index contributed by atoms with van der Waals surface area (Å²) in [6.07, 6.45) is 8.46. The monoisotopic (exact) mass is 325 g/mol. The Morgan fingerprint density at radius 2 is 1.48 bits per heavy atom. The van der Waals surface area contributed by atoms with Crippen LogP contribution in [-0.4, -0.2) is 47.9 Å². The molecule has 0 unspecified atom stereocenters. The third-order valence-electron chi connectivity index (χ3n) is 4.17. The zero-order chi connectivity index (χ0) is 17.3. The molecule has 5 nitrogen and oxygen atoms in total. The maximum atomic E-state index is 12.3. The number of nitrogens with one attached hydrogen (secondary N) is 2. The van der Waals surface area contributed by atoms with Gasteiger partial charge in [-0.3, -0.25) is 14.5 Å². The van der Waals surface area contributed by atoms with Crippen LogP contribution in [0.4, 0.5) is 0 Å². The first-order valence-corrected chi connectivity index (χ1v) is 9.13. The lowest BCUT2D eigenvalue weighted by molar-refractivity contribution is -0.126. The number of hydrogen-bond donors (Lipinski definition) is 2. The summed E-state index contributed by atoms with van der Waals surface area (Å²) in [7, 11) is 0. The van der Waals surface area contributed by atoms with E-state index < -0.39 is 0 Å². The lowest BCUT2D eigenvalue weighted by Crippen LogP contribution is -2.48.